The molecule has 0 atom stereocenters. The summed E-state index contributed by atoms with van der Waals surface area (Å²) in [5.74, 6) is 0.000486. The fourth-order valence-electron chi connectivity index (χ4n) is 0.584. The van der Waals surface area contributed by atoms with Crippen molar-refractivity contribution in [3.05, 3.63) is 0 Å². The first kappa shape index (κ1) is 10.1. The number of aromatic nitrogens is 4. The van der Waals surface area contributed by atoms with Crippen LogP contribution in [0.5, 0.6) is 0 Å². The smallest absolute Gasteiger partial charge is 0.270 e. The van der Waals surface area contributed by atoms with Crippen molar-refractivity contribution in [2.75, 3.05) is 5.32 Å². The topological polar surface area (TPSA) is 72.7 Å². The van der Waals surface area contributed by atoms with E-state index < -0.39 is 4.32 Å². The van der Waals surface area contributed by atoms with Crippen LogP contribution in [0.4, 0.5) is 5.95 Å². The van der Waals surface area contributed by atoms with Crippen LogP contribution in [0.3, 0.4) is 0 Å². The van der Waals surface area contributed by atoms with E-state index in [9.17, 15) is 4.79 Å². The number of halogens is 1. The molecule has 0 unspecified atom stereocenters. The molecule has 7 heteroatoms. The Labute approximate surface area is 83.8 Å². The third-order valence-corrected chi connectivity index (χ3v) is 1.63. The standard InChI is InChI=1S/C6H10BrN5O/c1-6(2,7)4(13)8-5-9-11-12(3)10-5/h1-3H3,(H,8,10,13). The highest BCUT2D eigenvalue weighted by molar-refractivity contribution is 9.10. The summed E-state index contributed by atoms with van der Waals surface area (Å²) in [6, 6.07) is 0. The summed E-state index contributed by atoms with van der Waals surface area (Å²) in [5, 5.41) is 13.5. The van der Waals surface area contributed by atoms with E-state index in [1.54, 1.807) is 20.9 Å². The van der Waals surface area contributed by atoms with Crippen molar-refractivity contribution in [2.24, 2.45) is 7.05 Å². The Kier molecular flexibility index (Phi) is 2.65. The Balaban J connectivity index is 2.65. The van der Waals surface area contributed by atoms with Gasteiger partial charge in [-0.1, -0.05) is 21.0 Å². The molecular weight excluding hydrogens is 238 g/mol. The van der Waals surface area contributed by atoms with Crippen molar-refractivity contribution in [1.29, 1.82) is 0 Å². The molecule has 13 heavy (non-hydrogen) atoms. The van der Waals surface area contributed by atoms with Crippen molar-refractivity contribution in [3.8, 4) is 0 Å². The number of carbonyl (C=O) groups is 1. The predicted molar refractivity (Wildman–Crippen MR) is 50.4 cm³/mol. The third kappa shape index (κ3) is 2.76. The van der Waals surface area contributed by atoms with E-state index in [-0.39, 0.29) is 11.9 Å². The lowest BCUT2D eigenvalue weighted by Crippen LogP contribution is -2.31. The predicted octanol–water partition coefficient (Wildman–Crippen LogP) is 0.322. The number of hydrogen-bond donors (Lipinski definition) is 1. The van der Waals surface area contributed by atoms with Gasteiger partial charge in [0.2, 0.25) is 5.91 Å². The van der Waals surface area contributed by atoms with Crippen LogP contribution in [-0.2, 0) is 11.8 Å². The molecule has 6 nitrogen and oxygen atoms in total. The quantitative estimate of drug-likeness (QED) is 0.765. The third-order valence-electron chi connectivity index (χ3n) is 1.27. The SMILES string of the molecule is Cn1nnc(NC(=O)C(C)(C)Br)n1. The summed E-state index contributed by atoms with van der Waals surface area (Å²) in [7, 11) is 1.63. The van der Waals surface area contributed by atoms with E-state index in [0.717, 1.165) is 0 Å². The highest BCUT2D eigenvalue weighted by atomic mass is 79.9. The minimum absolute atomic E-state index is 0.208. The number of aryl methyl sites for hydroxylation is 1. The summed E-state index contributed by atoms with van der Waals surface area (Å²) in [6.45, 7) is 3.47. The molecule has 0 aliphatic carbocycles. The first-order chi connectivity index (χ1) is 5.89. The number of nitrogens with zero attached hydrogens (tertiary/aromatic N) is 4. The molecule has 0 bridgehead atoms. The van der Waals surface area contributed by atoms with Gasteiger partial charge in [0.15, 0.2) is 0 Å². The van der Waals surface area contributed by atoms with Crippen molar-refractivity contribution >= 4 is 27.8 Å². The van der Waals surface area contributed by atoms with E-state index in [4.69, 9.17) is 0 Å². The fourth-order valence-corrected chi connectivity index (χ4v) is 0.683. The van der Waals surface area contributed by atoms with Crippen LogP contribution in [-0.4, -0.2) is 30.4 Å². The van der Waals surface area contributed by atoms with Crippen molar-refractivity contribution < 1.29 is 4.79 Å². The van der Waals surface area contributed by atoms with E-state index in [1.807, 2.05) is 0 Å². The first-order valence-corrected chi connectivity index (χ1v) is 4.43. The zero-order chi connectivity index (χ0) is 10.1. The molecule has 0 saturated heterocycles. The van der Waals surface area contributed by atoms with Gasteiger partial charge in [-0.15, -0.1) is 5.10 Å². The molecule has 1 aromatic rings. The van der Waals surface area contributed by atoms with Gasteiger partial charge in [-0.05, 0) is 19.1 Å². The van der Waals surface area contributed by atoms with Crippen LogP contribution in [0, 0.1) is 0 Å². The number of tetrazole rings is 1. The number of nitrogens with one attached hydrogen (secondary N) is 1. The van der Waals surface area contributed by atoms with Gasteiger partial charge in [0, 0.05) is 0 Å². The first-order valence-electron chi connectivity index (χ1n) is 3.64. The number of rotatable bonds is 2. The molecule has 1 rings (SSSR count). The largest absolute Gasteiger partial charge is 0.291 e. The average Bonchev–Trinajstić information content (AvgIpc) is 2.33. The van der Waals surface area contributed by atoms with Crippen LogP contribution in [0.1, 0.15) is 13.8 Å². The molecule has 0 saturated carbocycles. The second-order valence-corrected chi connectivity index (χ2v) is 5.01. The monoisotopic (exact) mass is 247 g/mol. The zero-order valence-electron chi connectivity index (χ0n) is 7.58. The Morgan fingerprint density at radius 3 is 2.62 bits per heavy atom. The molecule has 0 aliphatic heterocycles. The molecule has 0 spiro atoms. The molecule has 0 aromatic carbocycles. The maximum Gasteiger partial charge on any atom is 0.270 e. The second kappa shape index (κ2) is 3.41. The molecule has 72 valence electrons. The van der Waals surface area contributed by atoms with Crippen LogP contribution >= 0.6 is 15.9 Å². The Morgan fingerprint density at radius 1 is 1.62 bits per heavy atom. The summed E-state index contributed by atoms with van der Waals surface area (Å²) < 4.78 is -0.633. The molecule has 1 amide bonds. The maximum absolute atomic E-state index is 11.4. The summed E-state index contributed by atoms with van der Waals surface area (Å²) in [5.41, 5.74) is 0. The van der Waals surface area contributed by atoms with Gasteiger partial charge in [0.1, 0.15) is 0 Å². The molecule has 0 aliphatic rings. The summed E-state index contributed by atoms with van der Waals surface area (Å²) >= 11 is 3.21. The normalized spacial score (nSPS) is 11.4. The van der Waals surface area contributed by atoms with Crippen molar-refractivity contribution in [1.82, 2.24) is 20.2 Å². The number of anilines is 1. The van der Waals surface area contributed by atoms with Crippen molar-refractivity contribution in [3.63, 3.8) is 0 Å². The van der Waals surface area contributed by atoms with E-state index >= 15 is 0 Å². The molecule has 0 radical (unpaired) electrons. The van der Waals surface area contributed by atoms with E-state index in [0.29, 0.717) is 0 Å². The lowest BCUT2D eigenvalue weighted by molar-refractivity contribution is -0.117. The average molecular weight is 248 g/mol. The molecule has 0 fully saturated rings. The minimum Gasteiger partial charge on any atom is -0.291 e. The van der Waals surface area contributed by atoms with Crippen molar-refractivity contribution in [2.45, 2.75) is 18.2 Å². The molecule has 1 N–H and O–H groups in total. The highest BCUT2D eigenvalue weighted by Gasteiger charge is 2.24. The van der Waals surface area contributed by atoms with Gasteiger partial charge in [-0.2, -0.15) is 4.80 Å². The fraction of sp³-hybridized carbons (Fsp3) is 0.667. The van der Waals surface area contributed by atoms with E-state index in [2.05, 4.69) is 36.7 Å². The van der Waals surface area contributed by atoms with Crippen LogP contribution < -0.4 is 5.32 Å². The van der Waals surface area contributed by atoms with Crippen LogP contribution in [0.25, 0.3) is 0 Å². The lowest BCUT2D eigenvalue weighted by atomic mass is 10.2. The number of hydrogen-bond acceptors (Lipinski definition) is 4. The van der Waals surface area contributed by atoms with Gasteiger partial charge >= 0.3 is 0 Å². The van der Waals surface area contributed by atoms with Gasteiger partial charge in [-0.3, -0.25) is 10.1 Å². The number of alkyl halides is 1. The van der Waals surface area contributed by atoms with E-state index in [1.165, 1.54) is 4.80 Å². The molecule has 1 aromatic heterocycles. The Bertz CT molecular complexity index is 315. The molecular formula is C6H10BrN5O. The van der Waals surface area contributed by atoms with Crippen LogP contribution in [0.2, 0.25) is 0 Å². The number of amides is 1. The second-order valence-electron chi connectivity index (χ2n) is 3.03. The van der Waals surface area contributed by atoms with Gasteiger partial charge in [0.05, 0.1) is 11.4 Å². The number of carbonyl (C=O) groups excluding carboxylic acids is 1. The summed E-state index contributed by atoms with van der Waals surface area (Å²) in [4.78, 5) is 12.6. The zero-order valence-corrected chi connectivity index (χ0v) is 9.16. The maximum atomic E-state index is 11.4. The Hall–Kier alpha value is -0.980. The van der Waals surface area contributed by atoms with Gasteiger partial charge < -0.3 is 0 Å². The van der Waals surface area contributed by atoms with Gasteiger partial charge in [0.25, 0.3) is 5.95 Å². The Morgan fingerprint density at radius 2 is 2.23 bits per heavy atom. The lowest BCUT2D eigenvalue weighted by Gasteiger charge is -2.13. The highest BCUT2D eigenvalue weighted by Crippen LogP contribution is 2.16. The molecule has 1 heterocycles. The van der Waals surface area contributed by atoms with Crippen LogP contribution in [0.15, 0.2) is 0 Å². The summed E-state index contributed by atoms with van der Waals surface area (Å²) in [6.07, 6.45) is 0. The minimum atomic E-state index is -0.633. The van der Waals surface area contributed by atoms with Gasteiger partial charge in [-0.25, -0.2) is 0 Å².